The van der Waals surface area contributed by atoms with Crippen LogP contribution in [0, 0.1) is 0 Å². The Morgan fingerprint density at radius 1 is 1.41 bits per heavy atom. The van der Waals surface area contributed by atoms with Gasteiger partial charge in [-0.2, -0.15) is 0 Å². The molecule has 2 aliphatic heterocycles. The van der Waals surface area contributed by atoms with Gasteiger partial charge in [0.25, 0.3) is 7.82 Å². The number of nitrogens with one attached hydrogen (secondary N) is 2. The summed E-state index contributed by atoms with van der Waals surface area (Å²) in [5, 5.41) is 15.8. The minimum absolute atomic E-state index is 0. The number of aromatic nitrogens is 4. The van der Waals surface area contributed by atoms with E-state index in [0.29, 0.717) is 0 Å². The molecular formula is C14H18N6NaO7P. The Labute approximate surface area is 187 Å². The molecule has 0 bridgehead atoms. The monoisotopic (exact) mass is 436 g/mol. The predicted molar refractivity (Wildman–Crippen MR) is 91.0 cm³/mol. The molecule has 2 fully saturated rings. The minimum Gasteiger partial charge on any atom is -0.756 e. The van der Waals surface area contributed by atoms with E-state index in [1.807, 2.05) is 13.8 Å². The van der Waals surface area contributed by atoms with Crippen molar-refractivity contribution in [3.63, 3.8) is 0 Å². The number of urea groups is 1. The maximum absolute atomic E-state index is 11.9. The molecule has 2 saturated heterocycles. The van der Waals surface area contributed by atoms with E-state index in [9.17, 15) is 19.4 Å². The third-order valence-corrected chi connectivity index (χ3v) is 5.21. The van der Waals surface area contributed by atoms with Crippen LogP contribution in [-0.4, -0.2) is 61.6 Å². The van der Waals surface area contributed by atoms with Gasteiger partial charge >= 0.3 is 35.6 Å². The molecule has 0 spiro atoms. The van der Waals surface area contributed by atoms with Gasteiger partial charge in [0.1, 0.15) is 24.6 Å². The average molecular weight is 436 g/mol. The Hall–Kier alpha value is -1.15. The summed E-state index contributed by atoms with van der Waals surface area (Å²) < 4.78 is 28.1. The summed E-state index contributed by atoms with van der Waals surface area (Å²) in [5.74, 6) is 0.176. The molecule has 0 aliphatic carbocycles. The normalized spacial score (nSPS) is 31.3. The van der Waals surface area contributed by atoms with E-state index in [1.54, 1.807) is 0 Å². The molecule has 2 amide bonds. The fourth-order valence-corrected chi connectivity index (χ4v) is 4.04. The van der Waals surface area contributed by atoms with Crippen LogP contribution in [0.1, 0.15) is 20.1 Å². The molecule has 29 heavy (non-hydrogen) atoms. The zero-order valence-electron chi connectivity index (χ0n) is 15.9. The van der Waals surface area contributed by atoms with Crippen molar-refractivity contribution in [3.05, 3.63) is 12.7 Å². The minimum atomic E-state index is -4.48. The molecule has 1 unspecified atom stereocenters. The summed E-state index contributed by atoms with van der Waals surface area (Å²) in [4.78, 5) is 35.8. The van der Waals surface area contributed by atoms with Crippen molar-refractivity contribution in [1.29, 1.82) is 0 Å². The number of imidazole rings is 1. The molecule has 0 aromatic carbocycles. The van der Waals surface area contributed by atoms with Gasteiger partial charge in [0.15, 0.2) is 23.2 Å². The Morgan fingerprint density at radius 3 is 2.90 bits per heavy atom. The van der Waals surface area contributed by atoms with E-state index >= 15 is 0 Å². The number of fused-ring (bicyclic) bond motifs is 2. The van der Waals surface area contributed by atoms with Crippen molar-refractivity contribution >= 4 is 30.8 Å². The Morgan fingerprint density at radius 2 is 2.17 bits per heavy atom. The van der Waals surface area contributed by atoms with Gasteiger partial charge in [-0.15, -0.1) is 0 Å². The number of aliphatic hydroxyl groups excluding tert-OH is 1. The molecule has 4 rings (SSSR count). The van der Waals surface area contributed by atoms with Gasteiger partial charge in [0.05, 0.1) is 12.9 Å². The van der Waals surface area contributed by atoms with Crippen LogP contribution < -0.4 is 45.1 Å². The molecule has 4 heterocycles. The smallest absolute Gasteiger partial charge is 0.756 e. The summed E-state index contributed by atoms with van der Waals surface area (Å²) in [6.45, 7) is 3.37. The second-order valence-corrected chi connectivity index (χ2v) is 8.03. The number of ether oxygens (including phenoxy) is 1. The van der Waals surface area contributed by atoms with Gasteiger partial charge in [-0.3, -0.25) is 14.4 Å². The number of amides is 2. The van der Waals surface area contributed by atoms with Crippen molar-refractivity contribution in [2.45, 2.75) is 44.4 Å². The molecular weight excluding hydrogens is 418 g/mol. The van der Waals surface area contributed by atoms with Gasteiger partial charge in [-0.05, 0) is 13.8 Å². The van der Waals surface area contributed by atoms with Gasteiger partial charge in [0.2, 0.25) is 0 Å². The summed E-state index contributed by atoms with van der Waals surface area (Å²) in [7, 11) is -4.48. The molecule has 2 aromatic rings. The topological polar surface area (TPSA) is 173 Å². The molecule has 2 aromatic heterocycles. The predicted octanol–water partition coefficient (Wildman–Crippen LogP) is -3.50. The molecule has 2 aliphatic rings. The molecule has 13 nitrogen and oxygen atoms in total. The van der Waals surface area contributed by atoms with Crippen LogP contribution in [0.25, 0.3) is 11.2 Å². The van der Waals surface area contributed by atoms with Gasteiger partial charge in [0, 0.05) is 6.04 Å². The first-order chi connectivity index (χ1) is 13.2. The third kappa shape index (κ3) is 4.48. The SMILES string of the molecule is CC(C)NC(=O)Nc1ncnc2c1ncn2[C@@H]1O[C@@H]2COP(=O)([O-])O[C@H]2[C@H]1O.[Na+]. The maximum Gasteiger partial charge on any atom is 1.00 e. The summed E-state index contributed by atoms with van der Waals surface area (Å²) >= 11 is 0. The number of rotatable bonds is 3. The molecule has 0 radical (unpaired) electrons. The Bertz CT molecular complexity index is 958. The van der Waals surface area contributed by atoms with Crippen molar-refractivity contribution in [2.24, 2.45) is 0 Å². The van der Waals surface area contributed by atoms with E-state index in [2.05, 4.69) is 30.1 Å². The van der Waals surface area contributed by atoms with E-state index < -0.39 is 38.4 Å². The van der Waals surface area contributed by atoms with Crippen LogP contribution in [0.15, 0.2) is 12.7 Å². The summed E-state index contributed by atoms with van der Waals surface area (Å²) in [5.41, 5.74) is 0.558. The molecule has 3 N–H and O–H groups in total. The quantitative estimate of drug-likeness (QED) is 0.324. The summed E-state index contributed by atoms with van der Waals surface area (Å²) in [6.07, 6.45) is -1.60. The fourth-order valence-electron chi connectivity index (χ4n) is 3.09. The number of hydrogen-bond acceptors (Lipinski definition) is 10. The number of aliphatic hydroxyl groups is 1. The molecule has 0 saturated carbocycles. The molecule has 15 heteroatoms. The van der Waals surface area contributed by atoms with Gasteiger partial charge < -0.3 is 29.1 Å². The van der Waals surface area contributed by atoms with Crippen molar-refractivity contribution in [3.8, 4) is 0 Å². The first kappa shape index (κ1) is 22.5. The van der Waals surface area contributed by atoms with Crippen LogP contribution in [0.4, 0.5) is 10.6 Å². The maximum atomic E-state index is 11.9. The van der Waals surface area contributed by atoms with E-state index in [1.165, 1.54) is 17.2 Å². The van der Waals surface area contributed by atoms with Crippen LogP contribution in [0.2, 0.25) is 0 Å². The first-order valence-corrected chi connectivity index (χ1v) is 9.94. The third-order valence-electron chi connectivity index (χ3n) is 4.24. The van der Waals surface area contributed by atoms with Crippen molar-refractivity contribution in [1.82, 2.24) is 24.8 Å². The fraction of sp³-hybridized carbons (Fsp3) is 0.571. The second-order valence-electron chi connectivity index (χ2n) is 6.67. The van der Waals surface area contributed by atoms with Crippen molar-refractivity contribution in [2.75, 3.05) is 11.9 Å². The average Bonchev–Trinajstić information content (AvgIpc) is 3.16. The number of anilines is 1. The van der Waals surface area contributed by atoms with Crippen molar-refractivity contribution < 1.29 is 62.7 Å². The van der Waals surface area contributed by atoms with E-state index in [0.717, 1.165) is 0 Å². The first-order valence-electron chi connectivity index (χ1n) is 8.48. The number of phosphoric ester groups is 1. The van der Waals surface area contributed by atoms with Crippen LogP contribution >= 0.6 is 7.82 Å². The van der Waals surface area contributed by atoms with Gasteiger partial charge in [-0.1, -0.05) is 0 Å². The number of phosphoric acid groups is 1. The zero-order chi connectivity index (χ0) is 20.1. The second kappa shape index (κ2) is 8.53. The number of nitrogens with zero attached hydrogens (tertiary/aromatic N) is 4. The van der Waals surface area contributed by atoms with Crippen LogP contribution in [0.3, 0.4) is 0 Å². The van der Waals surface area contributed by atoms with Crippen LogP contribution in [0.5, 0.6) is 0 Å². The van der Waals surface area contributed by atoms with E-state index in [4.69, 9.17) is 9.26 Å². The molecule has 152 valence electrons. The number of hydrogen-bond donors (Lipinski definition) is 3. The Kier molecular flexibility index (Phi) is 6.63. The summed E-state index contributed by atoms with van der Waals surface area (Å²) in [6, 6.07) is -0.524. The zero-order valence-corrected chi connectivity index (χ0v) is 18.8. The van der Waals surface area contributed by atoms with Gasteiger partial charge in [-0.25, -0.2) is 19.7 Å². The largest absolute Gasteiger partial charge is 1.00 e. The number of carbonyl (C=O) groups excluding carboxylic acids is 1. The Balaban J connectivity index is 0.00000240. The van der Waals surface area contributed by atoms with E-state index in [-0.39, 0.29) is 59.2 Å². The standard InChI is InChI=1S/C14H19N6O7P.Na/c1-6(2)18-14(22)19-11-8-12(16-4-15-11)20(5-17-8)13-9(21)10-7(26-13)3-25-28(23,24)27-10;/h4-7,9-10,13,21H,3H2,1-2H3,(H,23,24)(H2,15,16,18,19,22);/q;+1/p-1/t7-,9-,10-,13-;/m1./s1. The number of carbonyl (C=O) groups is 1. The molecule has 5 atom stereocenters. The van der Waals surface area contributed by atoms with Crippen LogP contribution in [-0.2, 0) is 18.3 Å².